The minimum Gasteiger partial charge on any atom is -0.497 e. The maximum Gasteiger partial charge on any atom is 0.261 e. The first-order chi connectivity index (χ1) is 13.6. The molecule has 140 valence electrons. The predicted molar refractivity (Wildman–Crippen MR) is 102 cm³/mol. The maximum absolute atomic E-state index is 12.4. The zero-order chi connectivity index (χ0) is 19.7. The molecule has 0 bridgehead atoms. The molecule has 2 aromatic carbocycles. The number of imide groups is 1. The fourth-order valence-electron chi connectivity index (χ4n) is 2.82. The van der Waals surface area contributed by atoms with Crippen LogP contribution in [0.25, 0.3) is 0 Å². The molecule has 0 fully saturated rings. The molecule has 0 atom stereocenters. The van der Waals surface area contributed by atoms with Gasteiger partial charge in [-0.3, -0.25) is 24.6 Å². The van der Waals surface area contributed by atoms with Gasteiger partial charge in [0.05, 0.1) is 24.8 Å². The molecule has 0 saturated carbocycles. The van der Waals surface area contributed by atoms with Gasteiger partial charge in [-0.1, -0.05) is 29.5 Å². The summed E-state index contributed by atoms with van der Waals surface area (Å²) in [7, 11) is 1.52. The van der Waals surface area contributed by atoms with Crippen molar-refractivity contribution in [2.75, 3.05) is 12.4 Å². The third-order valence-corrected chi connectivity index (χ3v) is 5.01. The van der Waals surface area contributed by atoms with E-state index >= 15 is 0 Å². The Morgan fingerprint density at radius 3 is 2.46 bits per heavy atom. The van der Waals surface area contributed by atoms with Gasteiger partial charge in [0.2, 0.25) is 5.13 Å². The number of anilines is 1. The molecular formula is C19H14N4O4S. The van der Waals surface area contributed by atoms with Crippen LogP contribution < -0.4 is 10.1 Å². The van der Waals surface area contributed by atoms with E-state index < -0.39 is 0 Å². The van der Waals surface area contributed by atoms with Crippen molar-refractivity contribution in [3.63, 3.8) is 0 Å². The van der Waals surface area contributed by atoms with Crippen molar-refractivity contribution >= 4 is 34.2 Å². The lowest BCUT2D eigenvalue weighted by atomic mass is 10.1. The van der Waals surface area contributed by atoms with E-state index in [9.17, 15) is 14.4 Å². The van der Waals surface area contributed by atoms with E-state index in [1.54, 1.807) is 48.5 Å². The minimum absolute atomic E-state index is 0.000949. The zero-order valence-corrected chi connectivity index (χ0v) is 15.5. The molecule has 2 heterocycles. The Bertz CT molecular complexity index is 1060. The molecule has 3 amide bonds. The second-order valence-electron chi connectivity index (χ2n) is 5.93. The number of fused-ring (bicyclic) bond motifs is 1. The molecule has 1 aromatic heterocycles. The Balaban J connectivity index is 1.46. The number of nitrogens with one attached hydrogen (secondary N) is 1. The van der Waals surface area contributed by atoms with Gasteiger partial charge in [-0.15, -0.1) is 10.2 Å². The van der Waals surface area contributed by atoms with E-state index in [-0.39, 0.29) is 29.4 Å². The molecule has 8 nitrogen and oxygen atoms in total. The van der Waals surface area contributed by atoms with Gasteiger partial charge in [-0.25, -0.2) is 0 Å². The summed E-state index contributed by atoms with van der Waals surface area (Å²) in [6.07, 6.45) is 0. The summed E-state index contributed by atoms with van der Waals surface area (Å²) >= 11 is 1.10. The molecule has 9 heteroatoms. The van der Waals surface area contributed by atoms with Gasteiger partial charge < -0.3 is 4.74 Å². The molecule has 3 aromatic rings. The molecule has 1 N–H and O–H groups in total. The molecule has 4 rings (SSSR count). The predicted octanol–water partition coefficient (Wildman–Crippen LogP) is 2.60. The van der Waals surface area contributed by atoms with Crippen LogP contribution in [0.2, 0.25) is 0 Å². The molecule has 1 aliphatic rings. The number of hydrogen-bond acceptors (Lipinski definition) is 7. The molecule has 0 spiro atoms. The standard InChI is InChI=1S/C19H14N4O4S/c1-27-12-6-4-5-11(9-12)16(24)20-19-22-21-15(28-19)10-23-17(25)13-7-2-3-8-14(13)18(23)26/h2-9H,10H2,1H3,(H,20,22,24). The van der Waals surface area contributed by atoms with Crippen LogP contribution in [0, 0.1) is 0 Å². The average molecular weight is 394 g/mol. The normalized spacial score (nSPS) is 12.8. The van der Waals surface area contributed by atoms with Gasteiger partial charge in [-0.2, -0.15) is 0 Å². The summed E-state index contributed by atoms with van der Waals surface area (Å²) < 4.78 is 5.11. The van der Waals surface area contributed by atoms with Crippen molar-refractivity contribution in [1.29, 1.82) is 0 Å². The monoisotopic (exact) mass is 394 g/mol. The van der Waals surface area contributed by atoms with Gasteiger partial charge in [0, 0.05) is 5.56 Å². The molecule has 0 radical (unpaired) electrons. The Kier molecular flexibility index (Phi) is 4.58. The second kappa shape index (κ2) is 7.20. The molecule has 0 saturated heterocycles. The van der Waals surface area contributed by atoms with Crippen molar-refractivity contribution < 1.29 is 19.1 Å². The average Bonchev–Trinajstić information content (AvgIpc) is 3.26. The second-order valence-corrected chi connectivity index (χ2v) is 6.99. The summed E-state index contributed by atoms with van der Waals surface area (Å²) in [6.45, 7) is -0.000949. The number of rotatable bonds is 5. The first kappa shape index (κ1) is 17.8. The van der Waals surface area contributed by atoms with Crippen LogP contribution >= 0.6 is 11.3 Å². The van der Waals surface area contributed by atoms with Crippen LogP contribution in [0.15, 0.2) is 48.5 Å². The van der Waals surface area contributed by atoms with Gasteiger partial charge in [0.15, 0.2) is 0 Å². The SMILES string of the molecule is COc1cccc(C(=O)Nc2nnc(CN3C(=O)c4ccccc4C3=O)s2)c1. The highest BCUT2D eigenvalue weighted by Crippen LogP contribution is 2.26. The number of amides is 3. The molecular weight excluding hydrogens is 380 g/mol. The van der Waals surface area contributed by atoms with E-state index in [2.05, 4.69) is 15.5 Å². The number of aromatic nitrogens is 2. The van der Waals surface area contributed by atoms with E-state index in [1.807, 2.05) is 0 Å². The van der Waals surface area contributed by atoms with Gasteiger partial charge in [0.25, 0.3) is 17.7 Å². The van der Waals surface area contributed by atoms with Crippen LogP contribution in [0.3, 0.4) is 0 Å². The molecule has 1 aliphatic heterocycles. The Morgan fingerprint density at radius 2 is 1.79 bits per heavy atom. The fourth-order valence-corrected chi connectivity index (χ4v) is 3.54. The van der Waals surface area contributed by atoms with Gasteiger partial charge in [0.1, 0.15) is 10.8 Å². The Labute approximate surface area is 163 Å². The molecule has 28 heavy (non-hydrogen) atoms. The quantitative estimate of drug-likeness (QED) is 0.668. The van der Waals surface area contributed by atoms with Crippen LogP contribution in [0.4, 0.5) is 5.13 Å². The first-order valence-electron chi connectivity index (χ1n) is 8.30. The Morgan fingerprint density at radius 1 is 1.07 bits per heavy atom. The van der Waals surface area contributed by atoms with Crippen molar-refractivity contribution in [2.24, 2.45) is 0 Å². The summed E-state index contributed by atoms with van der Waals surface area (Å²) in [6, 6.07) is 13.4. The van der Waals surface area contributed by atoms with Crippen molar-refractivity contribution in [3.05, 3.63) is 70.2 Å². The van der Waals surface area contributed by atoms with Crippen LogP contribution in [0.1, 0.15) is 36.1 Å². The summed E-state index contributed by atoms with van der Waals surface area (Å²) in [4.78, 5) is 38.3. The fraction of sp³-hybridized carbons (Fsp3) is 0.105. The topological polar surface area (TPSA) is 101 Å². The van der Waals surface area contributed by atoms with E-state index in [4.69, 9.17) is 4.74 Å². The Hall–Kier alpha value is -3.59. The summed E-state index contributed by atoms with van der Waals surface area (Å²) in [5, 5.41) is 11.3. The van der Waals surface area contributed by atoms with E-state index in [0.717, 1.165) is 16.2 Å². The van der Waals surface area contributed by atoms with E-state index in [1.165, 1.54) is 7.11 Å². The van der Waals surface area contributed by atoms with Gasteiger partial charge in [-0.05, 0) is 30.3 Å². The third kappa shape index (κ3) is 3.23. The first-order valence-corrected chi connectivity index (χ1v) is 9.11. The highest BCUT2D eigenvalue weighted by atomic mass is 32.1. The number of benzene rings is 2. The van der Waals surface area contributed by atoms with E-state index in [0.29, 0.717) is 27.4 Å². The number of hydrogen-bond donors (Lipinski definition) is 1. The largest absolute Gasteiger partial charge is 0.497 e. The summed E-state index contributed by atoms with van der Waals surface area (Å²) in [5.74, 6) is -0.519. The lowest BCUT2D eigenvalue weighted by Gasteiger charge is -2.10. The molecule has 0 aliphatic carbocycles. The maximum atomic E-state index is 12.4. The van der Waals surface area contributed by atoms with Crippen LogP contribution in [0.5, 0.6) is 5.75 Å². The van der Waals surface area contributed by atoms with Crippen molar-refractivity contribution in [1.82, 2.24) is 15.1 Å². The minimum atomic E-state index is -0.363. The number of carbonyl (C=O) groups is 3. The van der Waals surface area contributed by atoms with Gasteiger partial charge >= 0.3 is 0 Å². The lowest BCUT2D eigenvalue weighted by molar-refractivity contribution is 0.0641. The number of nitrogens with zero attached hydrogens (tertiary/aromatic N) is 3. The third-order valence-electron chi connectivity index (χ3n) is 4.19. The van der Waals surface area contributed by atoms with Crippen molar-refractivity contribution in [3.8, 4) is 5.75 Å². The van der Waals surface area contributed by atoms with Crippen LogP contribution in [-0.4, -0.2) is 39.9 Å². The summed E-state index contributed by atoms with van der Waals surface area (Å²) in [5.41, 5.74) is 1.17. The zero-order valence-electron chi connectivity index (χ0n) is 14.7. The number of carbonyl (C=O) groups excluding carboxylic acids is 3. The smallest absolute Gasteiger partial charge is 0.261 e. The lowest BCUT2D eigenvalue weighted by Crippen LogP contribution is -2.29. The highest BCUT2D eigenvalue weighted by molar-refractivity contribution is 7.15. The molecule has 0 unspecified atom stereocenters. The van der Waals surface area contributed by atoms with Crippen molar-refractivity contribution in [2.45, 2.75) is 6.54 Å². The number of ether oxygens (including phenoxy) is 1. The number of methoxy groups -OCH3 is 1. The van der Waals surface area contributed by atoms with Crippen LogP contribution in [-0.2, 0) is 6.54 Å². The highest BCUT2D eigenvalue weighted by Gasteiger charge is 2.35.